The first kappa shape index (κ1) is 17.3. The van der Waals surface area contributed by atoms with Gasteiger partial charge in [-0.1, -0.05) is 101 Å². The first-order valence-corrected chi connectivity index (χ1v) is 11.9. The molecule has 1 saturated heterocycles. The first-order valence-electron chi connectivity index (χ1n) is 9.66. The molecule has 1 aliphatic heterocycles. The predicted molar refractivity (Wildman–Crippen MR) is 112 cm³/mol. The Kier molecular flexibility index (Phi) is 5.33. The van der Waals surface area contributed by atoms with Crippen molar-refractivity contribution in [3.05, 3.63) is 96.6 Å². The highest BCUT2D eigenvalue weighted by molar-refractivity contribution is 7.02. The molecule has 132 valence electrons. The average molecular weight is 359 g/mol. The van der Waals surface area contributed by atoms with Gasteiger partial charge in [-0.15, -0.1) is 0 Å². The lowest BCUT2D eigenvalue weighted by molar-refractivity contribution is 0.0612. The molecule has 4 rings (SSSR count). The summed E-state index contributed by atoms with van der Waals surface area (Å²) in [6.07, 6.45) is 3.63. The van der Waals surface area contributed by atoms with Crippen LogP contribution in [0.25, 0.3) is 0 Å². The SMILES string of the molecule is c1ccc(C[Si](c2ccccc2)(c2ccccc2)C2CCCCO2)cc1. The Hall–Kier alpha value is -2.16. The maximum atomic E-state index is 6.49. The Morgan fingerprint density at radius 1 is 0.692 bits per heavy atom. The van der Waals surface area contributed by atoms with Crippen molar-refractivity contribution in [2.75, 3.05) is 6.61 Å². The van der Waals surface area contributed by atoms with Crippen LogP contribution in [-0.2, 0) is 10.8 Å². The molecular formula is C24H26OSi. The highest BCUT2D eigenvalue weighted by atomic mass is 28.3. The third-order valence-electron chi connectivity index (χ3n) is 5.63. The molecule has 0 spiro atoms. The third kappa shape index (κ3) is 3.40. The van der Waals surface area contributed by atoms with Crippen molar-refractivity contribution < 1.29 is 4.74 Å². The molecule has 0 amide bonds. The first-order chi connectivity index (χ1) is 12.9. The number of hydrogen-bond acceptors (Lipinski definition) is 1. The second kappa shape index (κ2) is 8.03. The van der Waals surface area contributed by atoms with Crippen LogP contribution < -0.4 is 10.4 Å². The van der Waals surface area contributed by atoms with E-state index in [1.807, 2.05) is 0 Å². The lowest BCUT2D eigenvalue weighted by Crippen LogP contribution is -2.69. The van der Waals surface area contributed by atoms with Gasteiger partial charge in [-0.25, -0.2) is 0 Å². The van der Waals surface area contributed by atoms with Gasteiger partial charge in [0.05, 0.1) is 5.73 Å². The summed E-state index contributed by atoms with van der Waals surface area (Å²) in [5.74, 6) is 0. The van der Waals surface area contributed by atoms with E-state index < -0.39 is 8.07 Å². The molecule has 1 atom stereocenters. The normalized spacial score (nSPS) is 17.8. The fraction of sp³-hybridized carbons (Fsp3) is 0.250. The van der Waals surface area contributed by atoms with Crippen LogP contribution in [0.1, 0.15) is 24.8 Å². The van der Waals surface area contributed by atoms with Crippen molar-refractivity contribution in [1.82, 2.24) is 0 Å². The zero-order valence-electron chi connectivity index (χ0n) is 15.2. The summed E-state index contributed by atoms with van der Waals surface area (Å²) in [6.45, 7) is 0.897. The molecule has 3 aromatic carbocycles. The Morgan fingerprint density at radius 3 is 1.73 bits per heavy atom. The molecule has 1 fully saturated rings. The van der Waals surface area contributed by atoms with Crippen LogP contribution >= 0.6 is 0 Å². The van der Waals surface area contributed by atoms with Crippen molar-refractivity contribution in [2.24, 2.45) is 0 Å². The van der Waals surface area contributed by atoms with E-state index in [-0.39, 0.29) is 0 Å². The van der Waals surface area contributed by atoms with Gasteiger partial charge in [-0.3, -0.25) is 0 Å². The van der Waals surface area contributed by atoms with Gasteiger partial charge in [-0.05, 0) is 30.9 Å². The minimum absolute atomic E-state index is 0.334. The van der Waals surface area contributed by atoms with E-state index in [0.717, 1.165) is 12.7 Å². The van der Waals surface area contributed by atoms with Crippen molar-refractivity contribution in [3.63, 3.8) is 0 Å². The topological polar surface area (TPSA) is 9.23 Å². The summed E-state index contributed by atoms with van der Waals surface area (Å²) < 4.78 is 6.49. The van der Waals surface area contributed by atoms with E-state index in [0.29, 0.717) is 5.73 Å². The minimum Gasteiger partial charge on any atom is -0.381 e. The molecule has 0 aromatic heterocycles. The second-order valence-corrected chi connectivity index (χ2v) is 11.3. The minimum atomic E-state index is -2.11. The van der Waals surface area contributed by atoms with E-state index >= 15 is 0 Å². The van der Waals surface area contributed by atoms with Crippen LogP contribution in [0.4, 0.5) is 0 Å². The molecule has 1 nitrogen and oxygen atoms in total. The fourth-order valence-corrected chi connectivity index (χ4v) is 9.64. The van der Waals surface area contributed by atoms with Gasteiger partial charge < -0.3 is 4.74 Å². The van der Waals surface area contributed by atoms with E-state index in [9.17, 15) is 0 Å². The largest absolute Gasteiger partial charge is 0.381 e. The van der Waals surface area contributed by atoms with Gasteiger partial charge in [0, 0.05) is 6.61 Å². The van der Waals surface area contributed by atoms with Crippen LogP contribution in [0, 0.1) is 0 Å². The van der Waals surface area contributed by atoms with E-state index in [2.05, 4.69) is 91.0 Å². The van der Waals surface area contributed by atoms with Gasteiger partial charge in [-0.2, -0.15) is 0 Å². The Balaban J connectivity index is 1.90. The smallest absolute Gasteiger partial charge is 0.153 e. The van der Waals surface area contributed by atoms with Crippen molar-refractivity contribution >= 4 is 18.4 Å². The Morgan fingerprint density at radius 2 is 1.23 bits per heavy atom. The van der Waals surface area contributed by atoms with Crippen molar-refractivity contribution in [1.29, 1.82) is 0 Å². The summed E-state index contributed by atoms with van der Waals surface area (Å²) in [6, 6.07) is 34.4. The van der Waals surface area contributed by atoms with Gasteiger partial charge >= 0.3 is 0 Å². The van der Waals surface area contributed by atoms with Crippen LogP contribution in [0.15, 0.2) is 91.0 Å². The highest BCUT2D eigenvalue weighted by Gasteiger charge is 2.46. The van der Waals surface area contributed by atoms with E-state index in [1.165, 1.54) is 35.2 Å². The molecule has 1 unspecified atom stereocenters. The van der Waals surface area contributed by atoms with Crippen molar-refractivity contribution in [3.8, 4) is 0 Å². The molecule has 0 aliphatic carbocycles. The van der Waals surface area contributed by atoms with E-state index in [1.54, 1.807) is 0 Å². The zero-order valence-corrected chi connectivity index (χ0v) is 16.2. The van der Waals surface area contributed by atoms with Gasteiger partial charge in [0.2, 0.25) is 0 Å². The highest BCUT2D eigenvalue weighted by Crippen LogP contribution is 2.26. The van der Waals surface area contributed by atoms with Gasteiger partial charge in [0.25, 0.3) is 0 Å². The molecule has 0 saturated carbocycles. The molecular weight excluding hydrogens is 332 g/mol. The van der Waals surface area contributed by atoms with Crippen LogP contribution in [0.2, 0.25) is 0 Å². The number of rotatable bonds is 5. The number of benzene rings is 3. The van der Waals surface area contributed by atoms with Gasteiger partial charge in [0.1, 0.15) is 0 Å². The third-order valence-corrected chi connectivity index (χ3v) is 10.9. The molecule has 0 bridgehead atoms. The Bertz CT molecular complexity index is 756. The van der Waals surface area contributed by atoms with E-state index in [4.69, 9.17) is 4.74 Å². The molecule has 0 N–H and O–H groups in total. The average Bonchev–Trinajstić information content (AvgIpc) is 2.75. The molecule has 3 aromatic rings. The monoisotopic (exact) mass is 358 g/mol. The lowest BCUT2D eigenvalue weighted by Gasteiger charge is -2.42. The molecule has 26 heavy (non-hydrogen) atoms. The fourth-order valence-electron chi connectivity index (χ4n) is 4.37. The molecule has 1 aliphatic rings. The Labute approximate surface area is 157 Å². The molecule has 1 heterocycles. The summed E-state index contributed by atoms with van der Waals surface area (Å²) >= 11 is 0. The summed E-state index contributed by atoms with van der Waals surface area (Å²) in [5, 5.41) is 2.98. The second-order valence-electron chi connectivity index (χ2n) is 7.22. The van der Waals surface area contributed by atoms with Crippen LogP contribution in [0.3, 0.4) is 0 Å². The number of ether oxygens (including phenoxy) is 1. The standard InChI is InChI=1S/C24H26OSi/c1-4-12-21(13-5-1)20-26(22-14-6-2-7-15-22,23-16-8-3-9-17-23)24-18-10-11-19-25-24/h1-9,12-17,24H,10-11,18-20H2. The van der Waals surface area contributed by atoms with Crippen LogP contribution in [0.5, 0.6) is 0 Å². The number of hydrogen-bond donors (Lipinski definition) is 0. The molecule has 0 radical (unpaired) electrons. The summed E-state index contributed by atoms with van der Waals surface area (Å²) in [5.41, 5.74) is 1.75. The van der Waals surface area contributed by atoms with Crippen LogP contribution in [-0.4, -0.2) is 20.4 Å². The molecule has 2 heteroatoms. The zero-order chi connectivity index (χ0) is 17.7. The summed E-state index contributed by atoms with van der Waals surface area (Å²) in [4.78, 5) is 0. The van der Waals surface area contributed by atoms with Gasteiger partial charge in [0.15, 0.2) is 8.07 Å². The quantitative estimate of drug-likeness (QED) is 0.623. The lowest BCUT2D eigenvalue weighted by atomic mass is 10.2. The summed E-state index contributed by atoms with van der Waals surface area (Å²) in [7, 11) is -2.11. The van der Waals surface area contributed by atoms with Crippen molar-refractivity contribution in [2.45, 2.75) is 31.0 Å². The maximum absolute atomic E-state index is 6.49. The maximum Gasteiger partial charge on any atom is 0.153 e. The predicted octanol–water partition coefficient (Wildman–Crippen LogP) is 4.14.